The summed E-state index contributed by atoms with van der Waals surface area (Å²) >= 11 is 1.86. The van der Waals surface area contributed by atoms with Gasteiger partial charge in [-0.25, -0.2) is 0 Å². The van der Waals surface area contributed by atoms with E-state index in [-0.39, 0.29) is 16.4 Å². The van der Waals surface area contributed by atoms with Crippen LogP contribution in [0, 0.1) is 28.6 Å². The first-order valence-corrected chi connectivity index (χ1v) is 11.9. The molecule has 0 amide bonds. The van der Waals surface area contributed by atoms with E-state index < -0.39 is 0 Å². The number of hydrogen-bond donors (Lipinski definition) is 1. The topological polar surface area (TPSA) is 58.5 Å². The molecule has 4 nitrogen and oxygen atoms in total. The van der Waals surface area contributed by atoms with Gasteiger partial charge in [-0.3, -0.25) is 14.6 Å². The maximum absolute atomic E-state index is 12.7. The van der Waals surface area contributed by atoms with Crippen molar-refractivity contribution in [3.05, 3.63) is 12.7 Å². The van der Waals surface area contributed by atoms with Gasteiger partial charge in [0.2, 0.25) is 0 Å². The summed E-state index contributed by atoms with van der Waals surface area (Å²) in [4.78, 5) is 30.0. The van der Waals surface area contributed by atoms with Crippen molar-refractivity contribution in [3.63, 3.8) is 0 Å². The Morgan fingerprint density at radius 1 is 1.21 bits per heavy atom. The van der Waals surface area contributed by atoms with Gasteiger partial charge < -0.3 is 5.32 Å². The van der Waals surface area contributed by atoms with Crippen LogP contribution in [-0.2, 0) is 9.59 Å². The summed E-state index contributed by atoms with van der Waals surface area (Å²) in [6, 6.07) is 0. The summed E-state index contributed by atoms with van der Waals surface area (Å²) in [5.74, 6) is 2.64. The highest BCUT2D eigenvalue weighted by Gasteiger charge is 2.70. The minimum Gasteiger partial charge on any atom is -0.357 e. The van der Waals surface area contributed by atoms with Crippen LogP contribution in [0.1, 0.15) is 65.2 Å². The minimum atomic E-state index is -0.162. The number of rotatable bonds is 2. The van der Waals surface area contributed by atoms with Crippen LogP contribution in [0.2, 0.25) is 0 Å². The molecule has 0 aromatic carbocycles. The smallest absolute Gasteiger partial charge is 0.157 e. The molecule has 0 aromatic rings. The molecule has 5 heteroatoms. The fraction of sp³-hybridized carbons (Fsp3) is 0.783. The van der Waals surface area contributed by atoms with Crippen molar-refractivity contribution in [2.45, 2.75) is 76.0 Å². The Morgan fingerprint density at radius 2 is 2.04 bits per heavy atom. The molecular formula is C23H32N2O2S. The molecule has 5 rings (SSSR count). The van der Waals surface area contributed by atoms with Crippen molar-refractivity contribution < 1.29 is 9.59 Å². The van der Waals surface area contributed by atoms with Crippen LogP contribution < -0.4 is 5.32 Å². The van der Waals surface area contributed by atoms with E-state index in [4.69, 9.17) is 4.99 Å². The predicted molar refractivity (Wildman–Crippen MR) is 113 cm³/mol. The predicted octanol–water partition coefficient (Wildman–Crippen LogP) is 4.15. The zero-order chi connectivity index (χ0) is 19.7. The Labute approximate surface area is 172 Å². The van der Waals surface area contributed by atoms with Crippen LogP contribution in [0.3, 0.4) is 0 Å². The van der Waals surface area contributed by atoms with Crippen LogP contribution in [-0.4, -0.2) is 34.1 Å². The van der Waals surface area contributed by atoms with Crippen molar-refractivity contribution in [2.75, 3.05) is 6.54 Å². The van der Waals surface area contributed by atoms with Crippen LogP contribution in [0.15, 0.2) is 17.6 Å². The molecule has 1 heterocycles. The summed E-state index contributed by atoms with van der Waals surface area (Å²) in [5.41, 5.74) is -0.164. The highest BCUT2D eigenvalue weighted by Crippen LogP contribution is 2.68. The third kappa shape index (κ3) is 2.28. The lowest BCUT2D eigenvalue weighted by Crippen LogP contribution is -2.70. The normalized spacial score (nSPS) is 51.1. The van der Waals surface area contributed by atoms with Crippen LogP contribution in [0.25, 0.3) is 0 Å². The average molecular weight is 401 g/mol. The summed E-state index contributed by atoms with van der Waals surface area (Å²) in [6.07, 6.45) is 9.28. The van der Waals surface area contributed by atoms with E-state index in [1.165, 1.54) is 0 Å². The van der Waals surface area contributed by atoms with Gasteiger partial charge in [-0.05, 0) is 55.3 Å². The number of hydrogen-bond acceptors (Lipinski definition) is 4. The van der Waals surface area contributed by atoms with E-state index in [1.807, 2.05) is 17.8 Å². The SMILES string of the molecule is C=CCN=C1N[C@]23CC(=O)CC[C@]2(C)[C@H]2CC[C@]4(C)C(=O)CC[C@H]4[C@@H]2C[C@@H]3S1. The summed E-state index contributed by atoms with van der Waals surface area (Å²) < 4.78 is 0. The average Bonchev–Trinajstić information content (AvgIpc) is 3.16. The van der Waals surface area contributed by atoms with E-state index in [0.29, 0.717) is 54.0 Å². The largest absolute Gasteiger partial charge is 0.357 e. The highest BCUT2D eigenvalue weighted by molar-refractivity contribution is 8.14. The molecule has 4 aliphatic carbocycles. The number of carbonyl (C=O) groups excluding carboxylic acids is 2. The van der Waals surface area contributed by atoms with Gasteiger partial charge in [0.1, 0.15) is 11.6 Å². The Kier molecular flexibility index (Phi) is 4.18. The number of carbonyl (C=O) groups is 2. The number of amidine groups is 1. The van der Waals surface area contributed by atoms with Crippen LogP contribution in [0.4, 0.5) is 0 Å². The quantitative estimate of drug-likeness (QED) is 0.708. The number of fused-ring (bicyclic) bond motifs is 4. The Bertz CT molecular complexity index is 779. The van der Waals surface area contributed by atoms with Gasteiger partial charge in [0, 0.05) is 29.9 Å². The number of nitrogens with one attached hydrogen (secondary N) is 1. The number of aliphatic imine (C=N–C) groups is 1. The Morgan fingerprint density at radius 3 is 2.82 bits per heavy atom. The maximum Gasteiger partial charge on any atom is 0.157 e. The van der Waals surface area contributed by atoms with Crippen LogP contribution in [0.5, 0.6) is 0 Å². The second-order valence-corrected chi connectivity index (χ2v) is 11.5. The first kappa shape index (κ1) is 18.9. The molecule has 1 saturated heterocycles. The van der Waals surface area contributed by atoms with E-state index in [0.717, 1.165) is 43.7 Å². The minimum absolute atomic E-state index is 0.0971. The second-order valence-electron chi connectivity index (χ2n) is 10.3. The van der Waals surface area contributed by atoms with E-state index >= 15 is 0 Å². The Hall–Kier alpha value is -1.10. The first-order chi connectivity index (χ1) is 13.3. The van der Waals surface area contributed by atoms with Gasteiger partial charge in [0.25, 0.3) is 0 Å². The van der Waals surface area contributed by atoms with Crippen molar-refractivity contribution in [2.24, 2.45) is 33.6 Å². The van der Waals surface area contributed by atoms with Gasteiger partial charge in [-0.2, -0.15) is 0 Å². The monoisotopic (exact) mass is 400 g/mol. The van der Waals surface area contributed by atoms with Crippen LogP contribution >= 0.6 is 11.8 Å². The zero-order valence-corrected chi connectivity index (χ0v) is 17.9. The van der Waals surface area contributed by atoms with Crippen molar-refractivity contribution in [1.29, 1.82) is 0 Å². The summed E-state index contributed by atoms with van der Waals surface area (Å²) in [6.45, 7) is 9.11. The lowest BCUT2D eigenvalue weighted by Gasteiger charge is -2.64. The molecule has 1 spiro atoms. The molecule has 0 aromatic heterocycles. The molecular weight excluding hydrogens is 368 g/mol. The number of thioether (sulfide) groups is 1. The van der Waals surface area contributed by atoms with Crippen molar-refractivity contribution >= 4 is 28.5 Å². The standard InChI is InChI=1S/C23H32N2O2S/c1-4-11-24-20-25-23-13-14(26)7-10-22(23,3)17-8-9-21(2)16(5-6-18(21)27)15(17)12-19(23)28-20/h4,15-17,19H,1,5-13H2,2-3H3,(H,24,25)/t15-,16-,17-,19-,21-,22+,23-/m0/s1. The molecule has 1 aliphatic heterocycles. The van der Waals surface area contributed by atoms with Gasteiger partial charge in [-0.15, -0.1) is 6.58 Å². The van der Waals surface area contributed by atoms with Crippen molar-refractivity contribution in [1.82, 2.24) is 5.32 Å². The molecule has 0 bridgehead atoms. The molecule has 152 valence electrons. The van der Waals surface area contributed by atoms with E-state index in [1.54, 1.807) is 0 Å². The fourth-order valence-corrected chi connectivity index (χ4v) is 9.43. The second kappa shape index (κ2) is 6.20. The summed E-state index contributed by atoms with van der Waals surface area (Å²) in [5, 5.41) is 5.18. The molecule has 4 saturated carbocycles. The summed E-state index contributed by atoms with van der Waals surface area (Å²) in [7, 11) is 0. The van der Waals surface area contributed by atoms with Crippen molar-refractivity contribution in [3.8, 4) is 0 Å². The molecule has 5 aliphatic rings. The number of nitrogens with zero attached hydrogens (tertiary/aromatic N) is 1. The molecule has 7 atom stereocenters. The molecule has 28 heavy (non-hydrogen) atoms. The van der Waals surface area contributed by atoms with E-state index in [2.05, 4.69) is 25.7 Å². The van der Waals surface area contributed by atoms with Gasteiger partial charge in [0.15, 0.2) is 5.17 Å². The third-order valence-corrected chi connectivity index (χ3v) is 10.7. The maximum atomic E-state index is 12.7. The molecule has 0 radical (unpaired) electrons. The van der Waals surface area contributed by atoms with E-state index in [9.17, 15) is 9.59 Å². The fourth-order valence-electron chi connectivity index (χ4n) is 7.84. The van der Waals surface area contributed by atoms with Gasteiger partial charge in [-0.1, -0.05) is 31.7 Å². The first-order valence-electron chi connectivity index (χ1n) is 11.0. The Balaban J connectivity index is 1.56. The molecule has 5 fully saturated rings. The third-order valence-electron chi connectivity index (χ3n) is 9.37. The lowest BCUT2D eigenvalue weighted by molar-refractivity contribution is -0.148. The molecule has 1 N–H and O–H groups in total. The number of ketones is 2. The molecule has 0 unspecified atom stereocenters. The lowest BCUT2D eigenvalue weighted by atomic mass is 9.42. The number of Topliss-reactive ketones (excluding diaryl/α,β-unsaturated/α-hetero) is 2. The van der Waals surface area contributed by atoms with Gasteiger partial charge in [0.05, 0.1) is 12.1 Å². The highest BCUT2D eigenvalue weighted by atomic mass is 32.2. The van der Waals surface area contributed by atoms with Gasteiger partial charge >= 0.3 is 0 Å². The zero-order valence-electron chi connectivity index (χ0n) is 17.1.